The summed E-state index contributed by atoms with van der Waals surface area (Å²) in [5.41, 5.74) is 29.1. The lowest BCUT2D eigenvalue weighted by atomic mass is 9.79. The van der Waals surface area contributed by atoms with Crippen LogP contribution in [0.25, 0.3) is 0 Å². The summed E-state index contributed by atoms with van der Waals surface area (Å²) >= 11 is 0. The zero-order valence-electron chi connectivity index (χ0n) is 85.4. The van der Waals surface area contributed by atoms with Crippen molar-refractivity contribution in [1.82, 2.24) is 58.1 Å². The van der Waals surface area contributed by atoms with E-state index in [9.17, 15) is 95.2 Å². The van der Waals surface area contributed by atoms with Crippen LogP contribution in [0.15, 0.2) is 35.5 Å². The number of likely N-dealkylation sites (N-methyl/N-ethyl adjacent to an activating group) is 3. The van der Waals surface area contributed by atoms with E-state index < -0.39 is 278 Å². The summed E-state index contributed by atoms with van der Waals surface area (Å²) in [6.07, 6.45) is -23.5. The van der Waals surface area contributed by atoms with Gasteiger partial charge in [0.1, 0.15) is 136 Å². The zero-order chi connectivity index (χ0) is 108. The highest BCUT2D eigenvalue weighted by molar-refractivity contribution is 5.82. The number of hydrogen-bond acceptors (Lipinski definition) is 47. The number of nitrogens with one attached hydrogen (secondary N) is 10. The van der Waals surface area contributed by atoms with Crippen LogP contribution in [-0.2, 0) is 85.4 Å². The molecular weight excluding hydrogens is 1910 g/mol. The fourth-order valence-electron chi connectivity index (χ4n) is 18.0. The first kappa shape index (κ1) is 124. The van der Waals surface area contributed by atoms with E-state index in [1.54, 1.807) is 89.4 Å². The predicted octanol–water partition coefficient (Wildman–Crippen LogP) is -9.99. The van der Waals surface area contributed by atoms with Gasteiger partial charge in [0.25, 0.3) is 0 Å². The highest BCUT2D eigenvalue weighted by Crippen LogP contribution is 2.40. The van der Waals surface area contributed by atoms with Gasteiger partial charge in [0.2, 0.25) is 36.6 Å². The van der Waals surface area contributed by atoms with Crippen molar-refractivity contribution in [3.63, 3.8) is 0 Å². The summed E-state index contributed by atoms with van der Waals surface area (Å²) in [6, 6.07) is -9.44. The van der Waals surface area contributed by atoms with Crippen LogP contribution in [0.1, 0.15) is 148 Å². The summed E-state index contributed by atoms with van der Waals surface area (Å²) in [5.74, 6) is -1.31. The minimum absolute atomic E-state index is 0.0216. The molecule has 6 amide bonds. The molecule has 6 aliphatic heterocycles. The van der Waals surface area contributed by atoms with Crippen LogP contribution in [0.4, 0.5) is 14.4 Å². The van der Waals surface area contributed by atoms with Crippen LogP contribution in [0.5, 0.6) is 0 Å². The third-order valence-electron chi connectivity index (χ3n) is 25.2. The molecule has 0 aromatic rings. The maximum absolute atomic E-state index is 13.5. The van der Waals surface area contributed by atoms with Crippen molar-refractivity contribution >= 4 is 36.0 Å². The Labute approximate surface area is 839 Å². The van der Waals surface area contributed by atoms with Gasteiger partial charge in [-0.3, -0.25) is 14.4 Å². The summed E-state index contributed by atoms with van der Waals surface area (Å²) in [5, 5.41) is 188. The Bertz CT molecular complexity index is 3890. The number of ether oxygens (including phenoxy) is 15. The van der Waals surface area contributed by atoms with Crippen molar-refractivity contribution in [3.05, 3.63) is 35.5 Å². The summed E-state index contributed by atoms with van der Waals surface area (Å²) in [6.45, 7) is 22.3. The van der Waals surface area contributed by atoms with Gasteiger partial charge >= 0.3 is 18.3 Å². The molecule has 834 valence electrons. The van der Waals surface area contributed by atoms with Gasteiger partial charge in [-0.2, -0.15) is 0 Å². The normalized spacial score (nSPS) is 36.4. The molecule has 0 bridgehead atoms. The Morgan fingerprint density at radius 2 is 0.771 bits per heavy atom. The molecule has 2 unspecified atom stereocenters. The van der Waals surface area contributed by atoms with Crippen LogP contribution in [0.2, 0.25) is 0 Å². The lowest BCUT2D eigenvalue weighted by Gasteiger charge is -2.50. The SMILES string of the molecule is CN[C@@H]1[C@@H](O)[C@@H](O[C@@H]2[C@@H](O)[C@H](O[C@H]3OC(CNCCO)=CC[C@H]3N)[C@@H](N)C[C@H]2NC(=O)[C@@H](O)CCN)OC[C@]1(C)O.CN[C@@H]1[C@@H](O)[C@@H](O[C@@H]2[C@@H](O)[C@H](O[C@H]3OC(CNCCO)=CC[C@H]3N)[C@@H](N)C[C@H]2NC(=O)[C@@H](O)CCN)OC[C@]1(C)O.C[C@H]1C[C@@H](NC(=O)[C@@H](O)CCNC(=O)OC(C)(C)C)[C@H](O[C@H]2OC[C@](C)(O)C(N(C)C(=O)OC(C)(C)C)[C@H]2O)[C@@H](O)[C@@H]1O[C@H]1OC(CNCCO)=CCC1NC(=O)OC(C)(C)C. The topological polar surface area (TPSA) is 824 Å². The van der Waals surface area contributed by atoms with E-state index in [1.165, 1.54) is 27.8 Å². The molecule has 37 N–H and O–H groups in total. The number of hydrogen-bond donors (Lipinski definition) is 31. The number of carbonyl (C=O) groups is 6. The molecule has 36 atom stereocenters. The number of carbonyl (C=O) groups excluding carboxylic acids is 6. The molecule has 144 heavy (non-hydrogen) atoms. The average Bonchev–Trinajstić information content (AvgIpc) is 0.815. The van der Waals surface area contributed by atoms with Gasteiger partial charge < -0.3 is 240 Å². The van der Waals surface area contributed by atoms with E-state index in [0.29, 0.717) is 56.3 Å². The van der Waals surface area contributed by atoms with Crippen molar-refractivity contribution in [3.8, 4) is 0 Å². The smallest absolute Gasteiger partial charge is 0.410 e. The summed E-state index contributed by atoms with van der Waals surface area (Å²) in [7, 11) is 4.48. The van der Waals surface area contributed by atoms with Crippen molar-refractivity contribution in [2.24, 2.45) is 40.3 Å². The van der Waals surface area contributed by atoms with Crippen molar-refractivity contribution < 1.29 is 176 Å². The van der Waals surface area contributed by atoms with Gasteiger partial charge in [-0.25, -0.2) is 14.4 Å². The first-order valence-corrected chi connectivity index (χ1v) is 49.1. The Balaban J connectivity index is 0.000000303. The fourth-order valence-corrected chi connectivity index (χ4v) is 18.0. The summed E-state index contributed by atoms with van der Waals surface area (Å²) < 4.78 is 88.4. The van der Waals surface area contributed by atoms with Crippen molar-refractivity contribution in [2.45, 2.75) is 377 Å². The molecule has 0 aromatic carbocycles. The highest BCUT2D eigenvalue weighted by Gasteiger charge is 2.58. The predicted molar refractivity (Wildman–Crippen MR) is 511 cm³/mol. The second-order valence-electron chi connectivity index (χ2n) is 41.5. The minimum Gasteiger partial charge on any atom is -0.467 e. The number of rotatable bonds is 41. The van der Waals surface area contributed by atoms with E-state index in [2.05, 4.69) is 53.2 Å². The van der Waals surface area contributed by atoms with Gasteiger partial charge in [-0.05, 0) is 192 Å². The lowest BCUT2D eigenvalue weighted by Crippen LogP contribution is -2.69. The molecule has 0 spiro atoms. The van der Waals surface area contributed by atoms with E-state index >= 15 is 0 Å². The summed E-state index contributed by atoms with van der Waals surface area (Å²) in [4.78, 5) is 78.1. The lowest BCUT2D eigenvalue weighted by molar-refractivity contribution is -0.313. The Hall–Kier alpha value is -6.56. The second kappa shape index (κ2) is 56.5. The zero-order valence-corrected chi connectivity index (χ0v) is 85.4. The standard InChI is InChI=1S/C41H73N5O16.2C25H48N6O10/c1-22-19-25(44-32(51)26(48)15-16-43-35(52)60-38(2,3)4)30(59-34-28(50)31(41(11,55)21-56-34)46(12)37(54)62-40(8,9)10)27(49)29(22)58-33-24(45-36(53)61-39(5,6)7)14-13-23(57-33)20-42-17-18-47;2*1-25(37)11-38-24(18(35)21(25)29-2)41-20-15(31-22(36)16(33)5-6-26)9-14(28)19(17(20)34)40-23-13(27)4-3-12(39-23)10-30-7-8-32/h13,22,24-31,33-34,42,47-50,55H,14-21H2,1-12H3,(H,43,52)(H,44,51)(H,45,53);2*3,13-21,23-24,29-30,32-35,37H,4-11,26-28H2,1-2H3,(H,31,36)/t22-,24?,25+,26-,27-,28+,29+,30-,31?,33+,34+,41-;2*13-,14+,15-,16+,17+,18-,19-,20+,21-,23-,24-,25+/m011/s1. The molecule has 3 saturated carbocycles. The number of nitrogens with two attached hydrogens (primary N) is 6. The molecule has 3 saturated heterocycles. The molecular formula is C91H169N17O36. The van der Waals surface area contributed by atoms with Gasteiger partial charge in [0.05, 0.1) is 120 Å². The third-order valence-corrected chi connectivity index (χ3v) is 25.2. The molecule has 0 aromatic heterocycles. The Morgan fingerprint density at radius 3 is 1.15 bits per heavy atom. The highest BCUT2D eigenvalue weighted by atomic mass is 16.7. The maximum atomic E-state index is 13.5. The van der Waals surface area contributed by atoms with Gasteiger partial charge in [0, 0.05) is 45.3 Å². The van der Waals surface area contributed by atoms with E-state index in [1.807, 2.05) is 12.2 Å². The monoisotopic (exact) mass is 2080 g/mol. The first-order chi connectivity index (χ1) is 67.4. The molecule has 9 rings (SSSR count). The van der Waals surface area contributed by atoms with Crippen LogP contribution in [-0.4, -0.2) is 467 Å². The maximum Gasteiger partial charge on any atom is 0.410 e. The van der Waals surface area contributed by atoms with Crippen LogP contribution in [0.3, 0.4) is 0 Å². The molecule has 6 heterocycles. The molecule has 0 radical (unpaired) electrons. The second-order valence-corrected chi connectivity index (χ2v) is 41.5. The largest absolute Gasteiger partial charge is 0.467 e. The molecule has 9 aliphatic rings. The van der Waals surface area contributed by atoms with Crippen LogP contribution >= 0.6 is 0 Å². The van der Waals surface area contributed by atoms with Gasteiger partial charge in [0.15, 0.2) is 18.9 Å². The number of alkyl carbamates (subject to hydrolysis) is 2. The van der Waals surface area contributed by atoms with Crippen LogP contribution < -0.4 is 87.6 Å². The number of aliphatic hydroxyl groups excluding tert-OH is 12. The number of aliphatic hydroxyl groups is 15. The quantitative estimate of drug-likeness (QED) is 0.0200. The molecule has 6 fully saturated rings. The minimum atomic E-state index is -1.80. The van der Waals surface area contributed by atoms with Crippen molar-refractivity contribution in [2.75, 3.05) is 120 Å². The number of nitrogens with zero attached hydrogens (tertiary/aromatic N) is 1. The molecule has 53 nitrogen and oxygen atoms in total. The molecule has 3 aliphatic carbocycles. The van der Waals surface area contributed by atoms with Crippen molar-refractivity contribution in [1.29, 1.82) is 0 Å². The van der Waals surface area contributed by atoms with Crippen LogP contribution in [0, 0.1) is 5.92 Å². The van der Waals surface area contributed by atoms with Gasteiger partial charge in [-0.1, -0.05) is 6.92 Å². The van der Waals surface area contributed by atoms with E-state index in [-0.39, 0.29) is 111 Å². The average molecular weight is 2080 g/mol. The van der Waals surface area contributed by atoms with E-state index in [0.717, 1.165) is 4.90 Å². The van der Waals surface area contributed by atoms with E-state index in [4.69, 9.17) is 116 Å². The molecule has 53 heteroatoms. The number of amides is 6. The van der Waals surface area contributed by atoms with Gasteiger partial charge in [-0.15, -0.1) is 0 Å². The fraction of sp³-hybridized carbons (Fsp3) is 0.868. The third kappa shape index (κ3) is 36.7. The Morgan fingerprint density at radius 1 is 0.431 bits per heavy atom. The Kier molecular flexibility index (Phi) is 48.8. The first-order valence-electron chi connectivity index (χ1n) is 49.1.